The smallest absolute Gasteiger partial charge is 0.0555 e. The quantitative estimate of drug-likeness (QED) is 0.160. The summed E-state index contributed by atoms with van der Waals surface area (Å²) in [4.78, 5) is 2.46. The van der Waals surface area contributed by atoms with Gasteiger partial charge in [0.1, 0.15) is 0 Å². The molecule has 0 aliphatic rings. The summed E-state index contributed by atoms with van der Waals surface area (Å²) in [6.07, 6.45) is 0. The van der Waals surface area contributed by atoms with Gasteiger partial charge in [-0.3, -0.25) is 0 Å². The first kappa shape index (κ1) is 32.0. The van der Waals surface area contributed by atoms with Gasteiger partial charge in [0.05, 0.1) is 11.4 Å². The molecule has 54 heavy (non-hydrogen) atoms. The van der Waals surface area contributed by atoms with E-state index in [0.717, 1.165) is 11.4 Å². The molecule has 0 bridgehead atoms. The van der Waals surface area contributed by atoms with Crippen LogP contribution in [-0.4, -0.2) is 0 Å². The molecule has 1 aromatic heterocycles. The summed E-state index contributed by atoms with van der Waals surface area (Å²) in [5.41, 5.74) is 13.1. The van der Waals surface area contributed by atoms with Crippen LogP contribution in [0.3, 0.4) is 0 Å². The minimum atomic E-state index is 1.11. The maximum Gasteiger partial charge on any atom is 0.0555 e. The number of anilines is 3. The van der Waals surface area contributed by atoms with Crippen molar-refractivity contribution in [2.75, 3.05) is 4.90 Å². The molecule has 0 amide bonds. The SMILES string of the molecule is c1ccc(-c2ccc(-c3ccccc3N(c3ccc(-c4cc(-c5ccccc5)c5ccccc5c4)cc3)c3cccc4sc5ccccc5c34)cc2)cc1. The van der Waals surface area contributed by atoms with Crippen LogP contribution >= 0.6 is 11.3 Å². The molecule has 0 saturated heterocycles. The largest absolute Gasteiger partial charge is 0.309 e. The van der Waals surface area contributed by atoms with Gasteiger partial charge in [-0.05, 0) is 98.2 Å². The maximum atomic E-state index is 2.46. The maximum absolute atomic E-state index is 2.46. The minimum absolute atomic E-state index is 1.11. The van der Waals surface area contributed by atoms with Crippen LogP contribution < -0.4 is 4.90 Å². The summed E-state index contributed by atoms with van der Waals surface area (Å²) in [5.74, 6) is 0. The third-order valence-corrected chi connectivity index (χ3v) is 11.6. The molecular formula is C52H35NS. The van der Waals surface area contributed by atoms with E-state index in [0.29, 0.717) is 0 Å². The van der Waals surface area contributed by atoms with Crippen LogP contribution in [0, 0.1) is 0 Å². The van der Waals surface area contributed by atoms with E-state index in [2.05, 4.69) is 217 Å². The van der Waals surface area contributed by atoms with Gasteiger partial charge in [-0.25, -0.2) is 0 Å². The first-order valence-electron chi connectivity index (χ1n) is 18.4. The summed E-state index contributed by atoms with van der Waals surface area (Å²) in [6.45, 7) is 0. The number of nitrogens with zero attached hydrogens (tertiary/aromatic N) is 1. The number of para-hydroxylation sites is 1. The highest BCUT2D eigenvalue weighted by Crippen LogP contribution is 2.47. The lowest BCUT2D eigenvalue weighted by molar-refractivity contribution is 1.30. The Hall–Kier alpha value is -6.74. The molecule has 9 aromatic carbocycles. The third kappa shape index (κ3) is 5.74. The van der Waals surface area contributed by atoms with E-state index in [1.807, 2.05) is 11.3 Å². The standard InChI is InChI=1S/C52H35NS/c1-3-14-36(15-4-1)37-26-28-40(29-27-37)45-20-9-11-22-48(45)53(49-23-13-25-51-52(49)46-21-10-12-24-50(46)54-51)43-32-30-38(31-33-43)42-34-41-18-7-8-19-44(41)47(35-42)39-16-5-2-6-17-39/h1-35H. The molecule has 1 heterocycles. The minimum Gasteiger partial charge on any atom is -0.309 e. The zero-order chi connectivity index (χ0) is 35.8. The average molecular weight is 706 g/mol. The van der Waals surface area contributed by atoms with E-state index in [9.17, 15) is 0 Å². The van der Waals surface area contributed by atoms with Gasteiger partial charge in [-0.1, -0.05) is 164 Å². The summed E-state index contributed by atoms with van der Waals surface area (Å²) in [6, 6.07) is 77.1. The number of hydrogen-bond acceptors (Lipinski definition) is 2. The third-order valence-electron chi connectivity index (χ3n) is 10.5. The molecule has 10 aromatic rings. The Bertz CT molecular complexity index is 2910. The first-order chi connectivity index (χ1) is 26.8. The number of rotatable bonds is 7. The van der Waals surface area contributed by atoms with Gasteiger partial charge in [0.2, 0.25) is 0 Å². The Morgan fingerprint density at radius 2 is 0.852 bits per heavy atom. The molecule has 2 heteroatoms. The number of thiophene rings is 1. The number of fused-ring (bicyclic) bond motifs is 4. The van der Waals surface area contributed by atoms with Crippen LogP contribution in [0.4, 0.5) is 17.1 Å². The second kappa shape index (κ2) is 13.7. The van der Waals surface area contributed by atoms with Crippen LogP contribution in [0.2, 0.25) is 0 Å². The fourth-order valence-electron chi connectivity index (χ4n) is 7.87. The molecule has 10 rings (SSSR count). The lowest BCUT2D eigenvalue weighted by Crippen LogP contribution is -2.11. The molecule has 0 atom stereocenters. The van der Waals surface area contributed by atoms with Gasteiger partial charge < -0.3 is 4.90 Å². The Morgan fingerprint density at radius 1 is 0.315 bits per heavy atom. The first-order valence-corrected chi connectivity index (χ1v) is 19.2. The van der Waals surface area contributed by atoms with Gasteiger partial charge >= 0.3 is 0 Å². The molecule has 0 saturated carbocycles. The Labute approximate surface area is 319 Å². The van der Waals surface area contributed by atoms with Crippen molar-refractivity contribution in [3.05, 3.63) is 212 Å². The highest BCUT2D eigenvalue weighted by molar-refractivity contribution is 7.26. The van der Waals surface area contributed by atoms with Crippen molar-refractivity contribution in [2.24, 2.45) is 0 Å². The predicted octanol–water partition coefficient (Wildman–Crippen LogP) is 15.3. The van der Waals surface area contributed by atoms with Crippen molar-refractivity contribution >= 4 is 59.3 Å². The van der Waals surface area contributed by atoms with Crippen LogP contribution in [-0.2, 0) is 0 Å². The molecular weight excluding hydrogens is 671 g/mol. The molecule has 0 unspecified atom stereocenters. The van der Waals surface area contributed by atoms with Gasteiger partial charge in [0, 0.05) is 31.4 Å². The second-order valence-electron chi connectivity index (χ2n) is 13.7. The van der Waals surface area contributed by atoms with E-state index in [4.69, 9.17) is 0 Å². The van der Waals surface area contributed by atoms with Gasteiger partial charge in [0.15, 0.2) is 0 Å². The summed E-state index contributed by atoms with van der Waals surface area (Å²) in [7, 11) is 0. The van der Waals surface area contributed by atoms with E-state index >= 15 is 0 Å². The average Bonchev–Trinajstić information content (AvgIpc) is 3.64. The molecule has 0 spiro atoms. The normalized spacial score (nSPS) is 11.3. The van der Waals surface area contributed by atoms with E-state index < -0.39 is 0 Å². The van der Waals surface area contributed by atoms with Gasteiger partial charge in [-0.2, -0.15) is 0 Å². The van der Waals surface area contributed by atoms with Crippen LogP contribution in [0.1, 0.15) is 0 Å². The van der Waals surface area contributed by atoms with Crippen molar-refractivity contribution in [1.82, 2.24) is 0 Å². The number of hydrogen-bond donors (Lipinski definition) is 0. The Balaban J connectivity index is 1.14. The second-order valence-corrected chi connectivity index (χ2v) is 14.8. The van der Waals surface area contributed by atoms with Crippen molar-refractivity contribution in [3.8, 4) is 44.5 Å². The molecule has 0 aliphatic heterocycles. The van der Waals surface area contributed by atoms with Gasteiger partial charge in [0.25, 0.3) is 0 Å². The van der Waals surface area contributed by atoms with Crippen molar-refractivity contribution in [2.45, 2.75) is 0 Å². The molecule has 0 N–H and O–H groups in total. The van der Waals surface area contributed by atoms with E-state index in [1.54, 1.807) is 0 Å². The Kier molecular flexibility index (Phi) is 8.09. The highest BCUT2D eigenvalue weighted by atomic mass is 32.1. The zero-order valence-corrected chi connectivity index (χ0v) is 30.4. The fraction of sp³-hybridized carbons (Fsp3) is 0. The number of benzene rings is 9. The lowest BCUT2D eigenvalue weighted by atomic mass is 9.93. The Morgan fingerprint density at radius 3 is 1.65 bits per heavy atom. The molecule has 254 valence electrons. The predicted molar refractivity (Wildman–Crippen MR) is 233 cm³/mol. The fourth-order valence-corrected chi connectivity index (χ4v) is 9.00. The summed E-state index contributed by atoms with van der Waals surface area (Å²) in [5, 5.41) is 5.06. The monoisotopic (exact) mass is 705 g/mol. The molecule has 0 fully saturated rings. The molecule has 0 aliphatic carbocycles. The van der Waals surface area contributed by atoms with Crippen molar-refractivity contribution in [3.63, 3.8) is 0 Å². The molecule has 1 nitrogen and oxygen atoms in total. The van der Waals surface area contributed by atoms with E-state index in [-0.39, 0.29) is 0 Å². The molecule has 0 radical (unpaired) electrons. The lowest BCUT2D eigenvalue weighted by Gasteiger charge is -2.29. The highest BCUT2D eigenvalue weighted by Gasteiger charge is 2.21. The zero-order valence-electron chi connectivity index (χ0n) is 29.6. The summed E-state index contributed by atoms with van der Waals surface area (Å²) >= 11 is 1.86. The van der Waals surface area contributed by atoms with Crippen molar-refractivity contribution < 1.29 is 0 Å². The van der Waals surface area contributed by atoms with Crippen LogP contribution in [0.5, 0.6) is 0 Å². The van der Waals surface area contributed by atoms with Crippen LogP contribution in [0.25, 0.3) is 75.5 Å². The summed E-state index contributed by atoms with van der Waals surface area (Å²) < 4.78 is 2.58. The van der Waals surface area contributed by atoms with Crippen LogP contribution in [0.15, 0.2) is 212 Å². The van der Waals surface area contributed by atoms with E-state index in [1.165, 1.54) is 81.1 Å². The van der Waals surface area contributed by atoms with Gasteiger partial charge in [-0.15, -0.1) is 11.3 Å². The topological polar surface area (TPSA) is 3.24 Å². The van der Waals surface area contributed by atoms with Crippen molar-refractivity contribution in [1.29, 1.82) is 0 Å².